The number of nitrogens with one attached hydrogen (secondary N) is 1. The number of aliphatic hydroxyl groups is 1. The first-order valence-electron chi connectivity index (χ1n) is 5.48. The van der Waals surface area contributed by atoms with Gasteiger partial charge >= 0.3 is 0 Å². The number of rotatable bonds is 5. The Morgan fingerprint density at radius 1 is 1.32 bits per heavy atom. The molecule has 0 bridgehead atoms. The van der Waals surface area contributed by atoms with E-state index in [4.69, 9.17) is 9.52 Å². The molecule has 8 heteroatoms. The molecule has 2 aromatic heterocycles. The lowest BCUT2D eigenvalue weighted by Crippen LogP contribution is -2.23. The van der Waals surface area contributed by atoms with Crippen LogP contribution >= 0.6 is 0 Å². The van der Waals surface area contributed by atoms with Crippen LogP contribution in [0.3, 0.4) is 0 Å². The van der Waals surface area contributed by atoms with Crippen molar-refractivity contribution in [2.24, 2.45) is 0 Å². The molecule has 0 aliphatic rings. The molecule has 0 amide bonds. The largest absolute Gasteiger partial charge is 0.446 e. The topological polar surface area (TPSA) is 105 Å². The van der Waals surface area contributed by atoms with Crippen molar-refractivity contribution >= 4 is 10.0 Å². The molecule has 0 aliphatic heterocycles. The average molecular weight is 283 g/mol. The van der Waals surface area contributed by atoms with Gasteiger partial charge in [-0.05, 0) is 19.1 Å². The smallest absolute Gasteiger partial charge is 0.274 e. The van der Waals surface area contributed by atoms with Crippen LogP contribution in [0.5, 0.6) is 0 Å². The molecular weight excluding hydrogens is 270 g/mol. The highest BCUT2D eigenvalue weighted by molar-refractivity contribution is 7.89. The zero-order valence-corrected chi connectivity index (χ0v) is 11.0. The third-order valence-electron chi connectivity index (χ3n) is 2.34. The van der Waals surface area contributed by atoms with Crippen molar-refractivity contribution in [2.45, 2.75) is 25.2 Å². The molecular formula is C11H13N3O4S. The lowest BCUT2D eigenvalue weighted by atomic mass is 10.4. The number of nitrogens with zero attached hydrogens (tertiary/aromatic N) is 2. The van der Waals surface area contributed by atoms with E-state index in [0.717, 1.165) is 5.69 Å². The number of aryl methyl sites for hydroxylation is 1. The fourth-order valence-electron chi connectivity index (χ4n) is 1.34. The molecule has 0 atom stereocenters. The van der Waals surface area contributed by atoms with Gasteiger partial charge in [0.1, 0.15) is 12.4 Å². The Morgan fingerprint density at radius 3 is 2.68 bits per heavy atom. The minimum atomic E-state index is -3.75. The fourth-order valence-corrected chi connectivity index (χ4v) is 2.28. The number of sulfonamides is 1. The van der Waals surface area contributed by atoms with E-state index in [1.807, 2.05) is 0 Å². The Morgan fingerprint density at radius 2 is 2.11 bits per heavy atom. The highest BCUT2D eigenvalue weighted by Crippen LogP contribution is 2.13. The minimum absolute atomic E-state index is 0.0186. The summed E-state index contributed by atoms with van der Waals surface area (Å²) < 4.78 is 31.0. The third kappa shape index (κ3) is 3.37. The molecule has 102 valence electrons. The highest BCUT2D eigenvalue weighted by atomic mass is 32.2. The number of furan rings is 1. The van der Waals surface area contributed by atoms with Crippen molar-refractivity contribution in [2.75, 3.05) is 0 Å². The van der Waals surface area contributed by atoms with E-state index < -0.39 is 10.0 Å². The highest BCUT2D eigenvalue weighted by Gasteiger charge is 2.18. The second kappa shape index (κ2) is 5.47. The molecule has 2 rings (SSSR count). The van der Waals surface area contributed by atoms with Crippen LogP contribution in [0.1, 0.15) is 17.1 Å². The summed E-state index contributed by atoms with van der Waals surface area (Å²) in [7, 11) is -3.75. The lowest BCUT2D eigenvalue weighted by molar-refractivity contribution is 0.236. The SMILES string of the molecule is Cc1cnc(CNS(=O)(=O)c2ccc(CO)o2)cn1. The molecule has 0 saturated heterocycles. The fraction of sp³-hybridized carbons (Fsp3) is 0.273. The molecule has 7 nitrogen and oxygen atoms in total. The number of hydrogen-bond acceptors (Lipinski definition) is 6. The normalized spacial score (nSPS) is 11.7. The van der Waals surface area contributed by atoms with Crippen LogP contribution < -0.4 is 4.72 Å². The monoisotopic (exact) mass is 283 g/mol. The second-order valence-corrected chi connectivity index (χ2v) is 5.55. The van der Waals surface area contributed by atoms with Gasteiger partial charge in [-0.25, -0.2) is 13.1 Å². The van der Waals surface area contributed by atoms with Crippen LogP contribution in [-0.2, 0) is 23.2 Å². The first-order valence-corrected chi connectivity index (χ1v) is 6.96. The Balaban J connectivity index is 2.07. The van der Waals surface area contributed by atoms with Crippen LogP contribution in [0.25, 0.3) is 0 Å². The van der Waals surface area contributed by atoms with Gasteiger partial charge in [0, 0.05) is 6.20 Å². The van der Waals surface area contributed by atoms with Gasteiger partial charge in [0.15, 0.2) is 0 Å². The van der Waals surface area contributed by atoms with Crippen molar-refractivity contribution in [1.82, 2.24) is 14.7 Å². The summed E-state index contributed by atoms with van der Waals surface area (Å²) in [6.45, 7) is 1.46. The predicted octanol–water partition coefficient (Wildman–Crippen LogP) is 0.349. The first kappa shape index (κ1) is 13.7. The van der Waals surface area contributed by atoms with Gasteiger partial charge in [0.05, 0.1) is 24.1 Å². The standard InChI is InChI=1S/C11H13N3O4S/c1-8-4-13-9(5-12-8)6-14-19(16,17)11-3-2-10(7-15)18-11/h2-5,14-15H,6-7H2,1H3. The molecule has 0 aromatic carbocycles. The molecule has 19 heavy (non-hydrogen) atoms. The van der Waals surface area contributed by atoms with Gasteiger partial charge in [0.25, 0.3) is 10.0 Å². The van der Waals surface area contributed by atoms with E-state index >= 15 is 0 Å². The van der Waals surface area contributed by atoms with Gasteiger partial charge in [-0.15, -0.1) is 0 Å². The molecule has 0 aliphatic carbocycles. The molecule has 2 heterocycles. The maximum absolute atomic E-state index is 11.9. The van der Waals surface area contributed by atoms with Crippen molar-refractivity contribution in [3.63, 3.8) is 0 Å². The van der Waals surface area contributed by atoms with Gasteiger partial charge in [-0.1, -0.05) is 0 Å². The molecule has 2 aromatic rings. The zero-order valence-electron chi connectivity index (χ0n) is 10.2. The summed E-state index contributed by atoms with van der Waals surface area (Å²) in [5.74, 6) is 0.190. The van der Waals surface area contributed by atoms with Crippen molar-refractivity contribution in [3.05, 3.63) is 41.7 Å². The third-order valence-corrected chi connectivity index (χ3v) is 3.61. The number of aliphatic hydroxyl groups excluding tert-OH is 1. The summed E-state index contributed by atoms with van der Waals surface area (Å²) in [6, 6.07) is 2.69. The van der Waals surface area contributed by atoms with Crippen LogP contribution in [0, 0.1) is 6.92 Å². The molecule has 0 radical (unpaired) electrons. The van der Waals surface area contributed by atoms with E-state index in [1.54, 1.807) is 13.1 Å². The van der Waals surface area contributed by atoms with Gasteiger partial charge in [0.2, 0.25) is 5.09 Å². The summed E-state index contributed by atoms with van der Waals surface area (Å²) in [5.41, 5.74) is 1.26. The van der Waals surface area contributed by atoms with Crippen LogP contribution in [0.4, 0.5) is 0 Å². The van der Waals surface area contributed by atoms with Crippen molar-refractivity contribution in [1.29, 1.82) is 0 Å². The zero-order chi connectivity index (χ0) is 13.9. The van der Waals surface area contributed by atoms with Crippen LogP contribution in [0.15, 0.2) is 34.0 Å². The van der Waals surface area contributed by atoms with E-state index in [0.29, 0.717) is 5.69 Å². The summed E-state index contributed by atoms with van der Waals surface area (Å²) in [4.78, 5) is 8.05. The van der Waals surface area contributed by atoms with E-state index in [2.05, 4.69) is 14.7 Å². The summed E-state index contributed by atoms with van der Waals surface area (Å²) >= 11 is 0. The maximum Gasteiger partial charge on any atom is 0.274 e. The Bertz CT molecular complexity index is 649. The molecule has 0 fully saturated rings. The lowest BCUT2D eigenvalue weighted by Gasteiger charge is -2.03. The minimum Gasteiger partial charge on any atom is -0.446 e. The number of aromatic nitrogens is 2. The van der Waals surface area contributed by atoms with Gasteiger partial charge in [-0.3, -0.25) is 9.97 Å². The molecule has 2 N–H and O–H groups in total. The summed E-state index contributed by atoms with van der Waals surface area (Å²) in [6.07, 6.45) is 3.06. The van der Waals surface area contributed by atoms with E-state index in [1.165, 1.54) is 18.3 Å². The predicted molar refractivity (Wildman–Crippen MR) is 65.4 cm³/mol. The Kier molecular flexibility index (Phi) is 3.93. The van der Waals surface area contributed by atoms with Crippen LogP contribution in [0.2, 0.25) is 0 Å². The second-order valence-electron chi connectivity index (χ2n) is 3.85. The van der Waals surface area contributed by atoms with E-state index in [-0.39, 0.29) is 24.0 Å². The Labute approximate surface area is 110 Å². The van der Waals surface area contributed by atoms with E-state index in [9.17, 15) is 8.42 Å². The van der Waals surface area contributed by atoms with Crippen molar-refractivity contribution in [3.8, 4) is 0 Å². The Hall–Kier alpha value is -1.77. The van der Waals surface area contributed by atoms with Crippen LogP contribution in [-0.4, -0.2) is 23.5 Å². The average Bonchev–Trinajstić information content (AvgIpc) is 2.88. The first-order chi connectivity index (χ1) is 9.01. The van der Waals surface area contributed by atoms with Gasteiger partial charge < -0.3 is 9.52 Å². The quantitative estimate of drug-likeness (QED) is 0.820. The number of hydrogen-bond donors (Lipinski definition) is 2. The molecule has 0 saturated carbocycles. The maximum atomic E-state index is 11.9. The van der Waals surface area contributed by atoms with Gasteiger partial charge in [-0.2, -0.15) is 0 Å². The summed E-state index contributed by atoms with van der Waals surface area (Å²) in [5, 5.41) is 8.58. The molecule has 0 unspecified atom stereocenters. The van der Waals surface area contributed by atoms with Crippen molar-refractivity contribution < 1.29 is 17.9 Å². The molecule has 0 spiro atoms.